The molecule has 0 bridgehead atoms. The van der Waals surface area contributed by atoms with E-state index in [0.29, 0.717) is 0 Å². The Kier molecular flexibility index (Phi) is 2.37. The van der Waals surface area contributed by atoms with Gasteiger partial charge in [0.15, 0.2) is 0 Å². The van der Waals surface area contributed by atoms with Gasteiger partial charge in [0, 0.05) is 19.7 Å². The predicted octanol–water partition coefficient (Wildman–Crippen LogP) is 2.07. The molecule has 0 amide bonds. The molecular formula is C10H19N3. The number of aromatic nitrogens is 2. The van der Waals surface area contributed by atoms with Crippen LogP contribution in [0.4, 0.5) is 5.82 Å². The molecule has 0 aliphatic heterocycles. The van der Waals surface area contributed by atoms with Crippen molar-refractivity contribution in [2.24, 2.45) is 7.05 Å². The lowest BCUT2D eigenvalue weighted by atomic mass is 9.86. The Morgan fingerprint density at radius 2 is 1.85 bits per heavy atom. The minimum Gasteiger partial charge on any atom is -0.373 e. The molecule has 0 saturated carbocycles. The minimum absolute atomic E-state index is 0.149. The van der Waals surface area contributed by atoms with E-state index in [-0.39, 0.29) is 5.41 Å². The second-order valence-corrected chi connectivity index (χ2v) is 4.43. The highest BCUT2D eigenvalue weighted by Gasteiger charge is 2.23. The van der Waals surface area contributed by atoms with Crippen LogP contribution in [0.5, 0.6) is 0 Å². The molecule has 1 aromatic heterocycles. The van der Waals surface area contributed by atoms with Crippen molar-refractivity contribution in [1.82, 2.24) is 9.78 Å². The fourth-order valence-corrected chi connectivity index (χ4v) is 1.84. The van der Waals surface area contributed by atoms with Crippen LogP contribution in [0.2, 0.25) is 0 Å². The summed E-state index contributed by atoms with van der Waals surface area (Å²) in [5.74, 6) is 1.12. The Balaban J connectivity index is 3.34. The topological polar surface area (TPSA) is 29.9 Å². The number of hydrogen-bond acceptors (Lipinski definition) is 2. The fourth-order valence-electron chi connectivity index (χ4n) is 1.84. The zero-order valence-corrected chi connectivity index (χ0v) is 9.39. The van der Waals surface area contributed by atoms with Gasteiger partial charge in [0.2, 0.25) is 0 Å². The Labute approximate surface area is 80.1 Å². The summed E-state index contributed by atoms with van der Waals surface area (Å²) in [5.41, 5.74) is 2.56. The van der Waals surface area contributed by atoms with Crippen LogP contribution >= 0.6 is 0 Å². The molecule has 0 aromatic carbocycles. The number of nitrogens with one attached hydrogen (secondary N) is 1. The highest BCUT2D eigenvalue weighted by Crippen LogP contribution is 2.31. The summed E-state index contributed by atoms with van der Waals surface area (Å²) in [5, 5.41) is 7.59. The van der Waals surface area contributed by atoms with Crippen molar-refractivity contribution in [3.8, 4) is 0 Å². The van der Waals surface area contributed by atoms with E-state index in [1.165, 1.54) is 5.56 Å². The predicted molar refractivity (Wildman–Crippen MR) is 56.2 cm³/mol. The highest BCUT2D eigenvalue weighted by atomic mass is 15.3. The Morgan fingerprint density at radius 3 is 2.15 bits per heavy atom. The zero-order chi connectivity index (χ0) is 10.2. The maximum absolute atomic E-state index is 4.40. The smallest absolute Gasteiger partial charge is 0.127 e. The first kappa shape index (κ1) is 10.1. The summed E-state index contributed by atoms with van der Waals surface area (Å²) in [6, 6.07) is 0. The van der Waals surface area contributed by atoms with Crippen LogP contribution in [0.15, 0.2) is 0 Å². The van der Waals surface area contributed by atoms with E-state index < -0.39 is 0 Å². The first-order valence-electron chi connectivity index (χ1n) is 4.59. The van der Waals surface area contributed by atoms with Gasteiger partial charge in [0.1, 0.15) is 5.82 Å². The lowest BCUT2D eigenvalue weighted by Gasteiger charge is -2.20. The largest absolute Gasteiger partial charge is 0.373 e. The van der Waals surface area contributed by atoms with Crippen LogP contribution in [-0.2, 0) is 12.5 Å². The third kappa shape index (κ3) is 1.69. The quantitative estimate of drug-likeness (QED) is 0.718. The summed E-state index contributed by atoms with van der Waals surface area (Å²) in [7, 11) is 3.90. The summed E-state index contributed by atoms with van der Waals surface area (Å²) >= 11 is 0. The normalized spacial score (nSPS) is 11.8. The van der Waals surface area contributed by atoms with Crippen LogP contribution in [0.3, 0.4) is 0 Å². The van der Waals surface area contributed by atoms with Gasteiger partial charge in [-0.05, 0) is 12.3 Å². The second kappa shape index (κ2) is 3.05. The van der Waals surface area contributed by atoms with Gasteiger partial charge < -0.3 is 5.32 Å². The van der Waals surface area contributed by atoms with Crippen LogP contribution in [0.25, 0.3) is 0 Å². The van der Waals surface area contributed by atoms with E-state index in [1.807, 2.05) is 18.8 Å². The first-order chi connectivity index (χ1) is 5.88. The van der Waals surface area contributed by atoms with Crippen LogP contribution < -0.4 is 5.32 Å². The van der Waals surface area contributed by atoms with Crippen molar-refractivity contribution >= 4 is 5.82 Å². The maximum atomic E-state index is 4.40. The number of nitrogens with zero attached hydrogens (tertiary/aromatic N) is 2. The van der Waals surface area contributed by atoms with Crippen LogP contribution in [-0.4, -0.2) is 16.8 Å². The standard InChI is InChI=1S/C10H19N3/c1-7-8(10(2,3)4)9(11-5)13(6)12-7/h11H,1-6H3. The monoisotopic (exact) mass is 181 g/mol. The van der Waals surface area contributed by atoms with Crippen LogP contribution in [0, 0.1) is 6.92 Å². The third-order valence-corrected chi connectivity index (χ3v) is 2.21. The van der Waals surface area contributed by atoms with Gasteiger partial charge in [0.05, 0.1) is 5.69 Å². The van der Waals surface area contributed by atoms with Crippen molar-refractivity contribution in [2.45, 2.75) is 33.1 Å². The molecule has 1 N–H and O–H groups in total. The Hall–Kier alpha value is -0.990. The molecule has 3 nitrogen and oxygen atoms in total. The molecule has 0 saturated heterocycles. The van der Waals surface area contributed by atoms with E-state index in [1.54, 1.807) is 0 Å². The summed E-state index contributed by atoms with van der Waals surface area (Å²) < 4.78 is 1.90. The minimum atomic E-state index is 0.149. The van der Waals surface area contributed by atoms with Gasteiger partial charge in [-0.3, -0.25) is 4.68 Å². The molecule has 74 valence electrons. The molecule has 3 heteroatoms. The average Bonchev–Trinajstić information content (AvgIpc) is 2.23. The lowest BCUT2D eigenvalue weighted by molar-refractivity contribution is 0.587. The van der Waals surface area contributed by atoms with E-state index in [9.17, 15) is 0 Å². The van der Waals surface area contributed by atoms with E-state index in [0.717, 1.165) is 11.5 Å². The van der Waals surface area contributed by atoms with Gasteiger partial charge >= 0.3 is 0 Å². The molecule has 1 heterocycles. The van der Waals surface area contributed by atoms with Gasteiger partial charge in [-0.15, -0.1) is 0 Å². The fraction of sp³-hybridized carbons (Fsp3) is 0.700. The molecule has 0 aliphatic carbocycles. The molecule has 0 aliphatic rings. The number of anilines is 1. The molecule has 0 atom stereocenters. The van der Waals surface area contributed by atoms with E-state index in [4.69, 9.17) is 0 Å². The van der Waals surface area contributed by atoms with Gasteiger partial charge in [-0.1, -0.05) is 20.8 Å². The Morgan fingerprint density at radius 1 is 1.31 bits per heavy atom. The van der Waals surface area contributed by atoms with Crippen molar-refractivity contribution in [2.75, 3.05) is 12.4 Å². The van der Waals surface area contributed by atoms with Gasteiger partial charge in [-0.25, -0.2) is 0 Å². The molecule has 0 unspecified atom stereocenters. The van der Waals surface area contributed by atoms with Gasteiger partial charge in [-0.2, -0.15) is 5.10 Å². The molecule has 1 rings (SSSR count). The highest BCUT2D eigenvalue weighted by molar-refractivity contribution is 5.50. The second-order valence-electron chi connectivity index (χ2n) is 4.43. The maximum Gasteiger partial charge on any atom is 0.127 e. The van der Waals surface area contributed by atoms with Crippen molar-refractivity contribution < 1.29 is 0 Å². The summed E-state index contributed by atoms with van der Waals surface area (Å²) in [6.45, 7) is 8.68. The summed E-state index contributed by atoms with van der Waals surface area (Å²) in [6.07, 6.45) is 0. The number of aryl methyl sites for hydroxylation is 2. The zero-order valence-electron chi connectivity index (χ0n) is 9.39. The SMILES string of the molecule is CNc1c(C(C)(C)C)c(C)nn1C. The first-order valence-corrected chi connectivity index (χ1v) is 4.59. The molecular weight excluding hydrogens is 162 g/mol. The molecule has 13 heavy (non-hydrogen) atoms. The number of rotatable bonds is 1. The average molecular weight is 181 g/mol. The molecule has 0 spiro atoms. The molecule has 1 aromatic rings. The van der Waals surface area contributed by atoms with E-state index >= 15 is 0 Å². The van der Waals surface area contributed by atoms with E-state index in [2.05, 4.69) is 38.1 Å². The van der Waals surface area contributed by atoms with Crippen molar-refractivity contribution in [1.29, 1.82) is 0 Å². The number of hydrogen-bond donors (Lipinski definition) is 1. The lowest BCUT2D eigenvalue weighted by Crippen LogP contribution is -2.14. The van der Waals surface area contributed by atoms with Crippen molar-refractivity contribution in [3.05, 3.63) is 11.3 Å². The van der Waals surface area contributed by atoms with Crippen LogP contribution in [0.1, 0.15) is 32.0 Å². The van der Waals surface area contributed by atoms with Gasteiger partial charge in [0.25, 0.3) is 0 Å². The molecule has 0 fully saturated rings. The summed E-state index contributed by atoms with van der Waals surface area (Å²) in [4.78, 5) is 0. The Bertz CT molecular complexity index is 305. The van der Waals surface area contributed by atoms with Crippen molar-refractivity contribution in [3.63, 3.8) is 0 Å². The third-order valence-electron chi connectivity index (χ3n) is 2.21. The molecule has 0 radical (unpaired) electrons.